The molecule has 0 aliphatic rings. The molecular weight excluding hydrogens is 442 g/mol. The van der Waals surface area contributed by atoms with E-state index in [0.29, 0.717) is 45.8 Å². The Morgan fingerprint density at radius 2 is 1.76 bits per heavy atom. The number of aromatic nitrogens is 2. The molecule has 0 unspecified atom stereocenters. The molecule has 0 spiro atoms. The van der Waals surface area contributed by atoms with Crippen molar-refractivity contribution >= 4 is 17.2 Å². The van der Waals surface area contributed by atoms with Crippen molar-refractivity contribution in [3.8, 4) is 28.6 Å². The van der Waals surface area contributed by atoms with Crippen LogP contribution in [0, 0.1) is 0 Å². The maximum atomic E-state index is 12.8. The lowest BCUT2D eigenvalue weighted by molar-refractivity contribution is 0.0932. The summed E-state index contributed by atoms with van der Waals surface area (Å²) >= 11 is 1.37. The van der Waals surface area contributed by atoms with E-state index in [-0.39, 0.29) is 5.91 Å². The van der Waals surface area contributed by atoms with Crippen LogP contribution < -0.4 is 19.5 Å². The zero-order valence-electron chi connectivity index (χ0n) is 18.4. The molecule has 2 heterocycles. The van der Waals surface area contributed by atoms with Gasteiger partial charge in [0.05, 0.1) is 26.2 Å². The molecule has 1 N–H and O–H groups in total. The highest BCUT2D eigenvalue weighted by Gasteiger charge is 2.24. The number of methoxy groups -OCH3 is 3. The molecule has 4 rings (SSSR count). The number of rotatable bonds is 9. The van der Waals surface area contributed by atoms with Crippen LogP contribution in [-0.4, -0.2) is 37.4 Å². The smallest absolute Gasteiger partial charge is 0.262 e. The topological polar surface area (TPSA) is 95.7 Å². The van der Waals surface area contributed by atoms with Crippen LogP contribution in [0.3, 0.4) is 0 Å². The van der Waals surface area contributed by atoms with Crippen LogP contribution in [0.25, 0.3) is 11.4 Å². The lowest BCUT2D eigenvalue weighted by atomic mass is 10.1. The lowest BCUT2D eigenvalue weighted by Gasteiger charge is -2.15. The van der Waals surface area contributed by atoms with E-state index in [4.69, 9.17) is 18.7 Å². The Kier molecular flexibility index (Phi) is 6.89. The Balaban J connectivity index is 1.66. The first kappa shape index (κ1) is 22.3. The van der Waals surface area contributed by atoms with E-state index in [1.54, 1.807) is 32.4 Å². The minimum atomic E-state index is -0.509. The molecule has 0 bridgehead atoms. The molecule has 1 atom stereocenters. The van der Waals surface area contributed by atoms with E-state index in [9.17, 15) is 4.79 Å². The first-order valence-electron chi connectivity index (χ1n) is 10.1. The fourth-order valence-electron chi connectivity index (χ4n) is 3.39. The molecule has 170 valence electrons. The van der Waals surface area contributed by atoms with Gasteiger partial charge in [-0.2, -0.15) is 4.98 Å². The quantitative estimate of drug-likeness (QED) is 0.388. The SMILES string of the molecule is COc1cc(-c2noc([C@@H](Cc3ccccc3)NC(=O)c3cccs3)n2)cc(OC)c1OC. The molecule has 0 fully saturated rings. The van der Waals surface area contributed by atoms with Crippen molar-refractivity contribution < 1.29 is 23.5 Å². The number of ether oxygens (including phenoxy) is 3. The van der Waals surface area contributed by atoms with Gasteiger partial charge in [-0.05, 0) is 29.1 Å². The van der Waals surface area contributed by atoms with Crippen molar-refractivity contribution in [2.24, 2.45) is 0 Å². The van der Waals surface area contributed by atoms with Crippen molar-refractivity contribution in [2.45, 2.75) is 12.5 Å². The third kappa shape index (κ3) is 4.98. The van der Waals surface area contributed by atoms with Gasteiger partial charge >= 0.3 is 0 Å². The number of hydrogen-bond donors (Lipinski definition) is 1. The van der Waals surface area contributed by atoms with Crippen LogP contribution in [0.1, 0.15) is 27.2 Å². The predicted octanol–water partition coefficient (Wildman–Crippen LogP) is 4.54. The van der Waals surface area contributed by atoms with Gasteiger partial charge in [0.25, 0.3) is 5.91 Å². The van der Waals surface area contributed by atoms with Gasteiger partial charge in [-0.3, -0.25) is 4.79 Å². The molecule has 0 saturated carbocycles. The monoisotopic (exact) mass is 465 g/mol. The molecule has 2 aromatic carbocycles. The molecule has 0 radical (unpaired) electrons. The lowest BCUT2D eigenvalue weighted by Crippen LogP contribution is -2.29. The van der Waals surface area contributed by atoms with Crippen LogP contribution >= 0.6 is 11.3 Å². The molecule has 0 aliphatic carbocycles. The second-order valence-electron chi connectivity index (χ2n) is 7.06. The summed E-state index contributed by atoms with van der Waals surface area (Å²) in [7, 11) is 4.62. The Labute approximate surface area is 195 Å². The van der Waals surface area contributed by atoms with Gasteiger partial charge in [0, 0.05) is 12.0 Å². The third-order valence-corrected chi connectivity index (χ3v) is 5.86. The van der Waals surface area contributed by atoms with E-state index in [1.165, 1.54) is 18.4 Å². The van der Waals surface area contributed by atoms with Gasteiger partial charge in [-0.15, -0.1) is 11.3 Å². The van der Waals surface area contributed by atoms with Crippen molar-refractivity contribution in [3.05, 3.63) is 76.3 Å². The molecule has 1 amide bonds. The summed E-state index contributed by atoms with van der Waals surface area (Å²) in [5, 5.41) is 9.01. The standard InChI is InChI=1S/C24H23N3O5S/c1-29-18-13-16(14-19(30-2)21(18)31-3)22-26-24(32-27-22)17(12-15-8-5-4-6-9-15)25-23(28)20-10-7-11-33-20/h4-11,13-14,17H,12H2,1-3H3,(H,25,28)/t17-/m1/s1. The molecule has 2 aromatic heterocycles. The summed E-state index contributed by atoms with van der Waals surface area (Å²) in [6, 6.07) is 16.4. The fraction of sp³-hybridized carbons (Fsp3) is 0.208. The van der Waals surface area contributed by atoms with E-state index < -0.39 is 6.04 Å². The number of nitrogens with zero attached hydrogens (tertiary/aromatic N) is 2. The van der Waals surface area contributed by atoms with E-state index in [0.717, 1.165) is 5.56 Å². The van der Waals surface area contributed by atoms with Gasteiger partial charge in [-0.25, -0.2) is 0 Å². The Morgan fingerprint density at radius 1 is 1.03 bits per heavy atom. The second-order valence-corrected chi connectivity index (χ2v) is 8.01. The van der Waals surface area contributed by atoms with E-state index in [1.807, 2.05) is 41.8 Å². The number of carbonyl (C=O) groups excluding carboxylic acids is 1. The highest BCUT2D eigenvalue weighted by Crippen LogP contribution is 2.40. The van der Waals surface area contributed by atoms with Crippen molar-refractivity contribution in [2.75, 3.05) is 21.3 Å². The summed E-state index contributed by atoms with van der Waals surface area (Å²) in [5.74, 6) is 1.87. The first-order chi connectivity index (χ1) is 16.1. The summed E-state index contributed by atoms with van der Waals surface area (Å²) in [4.78, 5) is 17.9. The highest BCUT2D eigenvalue weighted by atomic mass is 32.1. The molecule has 9 heteroatoms. The average molecular weight is 466 g/mol. The van der Waals surface area contributed by atoms with E-state index >= 15 is 0 Å². The van der Waals surface area contributed by atoms with Crippen LogP contribution in [0.15, 0.2) is 64.5 Å². The minimum Gasteiger partial charge on any atom is -0.493 e. The predicted molar refractivity (Wildman–Crippen MR) is 124 cm³/mol. The molecule has 4 aromatic rings. The minimum absolute atomic E-state index is 0.196. The molecule has 8 nitrogen and oxygen atoms in total. The van der Waals surface area contributed by atoms with Crippen LogP contribution in [0.4, 0.5) is 0 Å². The average Bonchev–Trinajstić information content (AvgIpc) is 3.56. The zero-order chi connectivity index (χ0) is 23.2. The second kappa shape index (κ2) is 10.2. The largest absolute Gasteiger partial charge is 0.493 e. The molecular formula is C24H23N3O5S. The maximum absolute atomic E-state index is 12.8. The van der Waals surface area contributed by atoms with Crippen molar-refractivity contribution in [1.82, 2.24) is 15.5 Å². The number of hydrogen-bond acceptors (Lipinski definition) is 8. The first-order valence-corrected chi connectivity index (χ1v) is 11.0. The van der Waals surface area contributed by atoms with Crippen LogP contribution in [-0.2, 0) is 6.42 Å². The van der Waals surface area contributed by atoms with Gasteiger partial charge in [0.1, 0.15) is 6.04 Å². The Hall–Kier alpha value is -3.85. The number of amides is 1. The Bertz CT molecular complexity index is 1180. The summed E-state index contributed by atoms with van der Waals surface area (Å²) in [6.45, 7) is 0. The molecule has 33 heavy (non-hydrogen) atoms. The number of nitrogens with one attached hydrogen (secondary N) is 1. The maximum Gasteiger partial charge on any atom is 0.262 e. The normalized spacial score (nSPS) is 11.6. The molecule has 0 aliphatic heterocycles. The summed E-state index contributed by atoms with van der Waals surface area (Å²) < 4.78 is 21.8. The van der Waals surface area contributed by atoms with Gasteiger partial charge in [-0.1, -0.05) is 41.6 Å². The van der Waals surface area contributed by atoms with Crippen molar-refractivity contribution in [3.63, 3.8) is 0 Å². The Morgan fingerprint density at radius 3 is 2.36 bits per heavy atom. The van der Waals surface area contributed by atoms with E-state index in [2.05, 4.69) is 15.5 Å². The van der Waals surface area contributed by atoms with Gasteiger partial charge < -0.3 is 24.1 Å². The fourth-order valence-corrected chi connectivity index (χ4v) is 4.02. The summed E-state index contributed by atoms with van der Waals surface area (Å²) in [6.07, 6.45) is 0.495. The van der Waals surface area contributed by atoms with Gasteiger partial charge in [0.15, 0.2) is 11.5 Å². The van der Waals surface area contributed by atoms with Crippen LogP contribution in [0.5, 0.6) is 17.2 Å². The number of benzene rings is 2. The third-order valence-electron chi connectivity index (χ3n) is 5.00. The highest BCUT2D eigenvalue weighted by molar-refractivity contribution is 7.12. The number of carbonyl (C=O) groups is 1. The number of thiophene rings is 1. The summed E-state index contributed by atoms with van der Waals surface area (Å²) in [5.41, 5.74) is 1.66. The van der Waals surface area contributed by atoms with Gasteiger partial charge in [0.2, 0.25) is 17.5 Å². The zero-order valence-corrected chi connectivity index (χ0v) is 19.2. The molecule has 0 saturated heterocycles. The van der Waals surface area contributed by atoms with Crippen LogP contribution in [0.2, 0.25) is 0 Å². The van der Waals surface area contributed by atoms with Crippen molar-refractivity contribution in [1.29, 1.82) is 0 Å².